The minimum absolute atomic E-state index is 0.0565. The number of thioether (sulfide) groups is 1. The number of carbonyl (C=O) groups excluding carboxylic acids is 1. The van der Waals surface area contributed by atoms with Gasteiger partial charge in [-0.15, -0.1) is 11.8 Å². The van der Waals surface area contributed by atoms with E-state index in [1.807, 2.05) is 50.2 Å². The predicted octanol–water partition coefficient (Wildman–Crippen LogP) is 4.30. The number of hydrazone groups is 1. The molecule has 1 heterocycles. The van der Waals surface area contributed by atoms with E-state index in [0.717, 1.165) is 16.7 Å². The van der Waals surface area contributed by atoms with Crippen LogP contribution < -0.4 is 0 Å². The van der Waals surface area contributed by atoms with Gasteiger partial charge >= 0.3 is 0 Å². The Hall–Kier alpha value is -2.07. The normalized spacial score (nSPS) is 21.3. The van der Waals surface area contributed by atoms with E-state index >= 15 is 0 Å². The van der Waals surface area contributed by atoms with Crippen molar-refractivity contribution in [3.8, 4) is 0 Å². The molecule has 0 saturated carbocycles. The van der Waals surface area contributed by atoms with Crippen molar-refractivity contribution in [3.05, 3.63) is 70.8 Å². The maximum Gasteiger partial charge on any atom is 0.256 e. The Morgan fingerprint density at radius 1 is 1.04 bits per heavy atom. The zero-order valence-corrected chi connectivity index (χ0v) is 14.4. The van der Waals surface area contributed by atoms with Crippen LogP contribution in [0.5, 0.6) is 0 Å². The molecule has 0 N–H and O–H groups in total. The third kappa shape index (κ3) is 3.17. The minimum Gasteiger partial charge on any atom is -0.272 e. The molecule has 3 nitrogen and oxygen atoms in total. The van der Waals surface area contributed by atoms with Gasteiger partial charge in [0.2, 0.25) is 0 Å². The number of aryl methyl sites for hydroxylation is 2. The molecular formula is C19H20N2OS. The van der Waals surface area contributed by atoms with Crippen LogP contribution in [0, 0.1) is 13.8 Å². The molecule has 0 aliphatic carbocycles. The summed E-state index contributed by atoms with van der Waals surface area (Å²) in [7, 11) is 0. The first-order chi connectivity index (χ1) is 11.1. The summed E-state index contributed by atoms with van der Waals surface area (Å²) in [6.45, 7) is 6.07. The van der Waals surface area contributed by atoms with Gasteiger partial charge in [-0.05, 0) is 43.0 Å². The van der Waals surface area contributed by atoms with Gasteiger partial charge in [0.05, 0.1) is 11.5 Å². The molecule has 118 valence electrons. The average Bonchev–Trinajstić information content (AvgIpc) is 2.82. The van der Waals surface area contributed by atoms with Crippen LogP contribution in [0.15, 0.2) is 53.6 Å². The highest BCUT2D eigenvalue weighted by Crippen LogP contribution is 2.44. The molecule has 0 bridgehead atoms. The van der Waals surface area contributed by atoms with E-state index in [2.05, 4.69) is 24.2 Å². The Morgan fingerprint density at radius 3 is 2.39 bits per heavy atom. The van der Waals surface area contributed by atoms with Crippen molar-refractivity contribution in [1.29, 1.82) is 0 Å². The lowest BCUT2D eigenvalue weighted by molar-refractivity contribution is -0.129. The van der Waals surface area contributed by atoms with Gasteiger partial charge in [0, 0.05) is 0 Å². The zero-order valence-electron chi connectivity index (χ0n) is 13.6. The van der Waals surface area contributed by atoms with Crippen LogP contribution in [-0.4, -0.2) is 22.4 Å². The van der Waals surface area contributed by atoms with Crippen molar-refractivity contribution < 1.29 is 4.79 Å². The van der Waals surface area contributed by atoms with Crippen molar-refractivity contribution in [2.75, 3.05) is 0 Å². The number of carbonyl (C=O) groups is 1. The van der Waals surface area contributed by atoms with Gasteiger partial charge in [0.1, 0.15) is 5.37 Å². The van der Waals surface area contributed by atoms with Gasteiger partial charge in [-0.2, -0.15) is 5.10 Å². The average molecular weight is 324 g/mol. The number of hydrogen-bond acceptors (Lipinski definition) is 3. The second-order valence-electron chi connectivity index (χ2n) is 5.77. The summed E-state index contributed by atoms with van der Waals surface area (Å²) in [6, 6.07) is 16.2. The van der Waals surface area contributed by atoms with Crippen molar-refractivity contribution in [2.24, 2.45) is 5.10 Å². The Labute approximate surface area is 141 Å². The van der Waals surface area contributed by atoms with E-state index in [-0.39, 0.29) is 16.5 Å². The molecule has 2 aromatic rings. The number of hydrogen-bond donors (Lipinski definition) is 0. The first-order valence-corrected chi connectivity index (χ1v) is 8.66. The predicted molar refractivity (Wildman–Crippen MR) is 96.6 cm³/mol. The maximum atomic E-state index is 12.5. The Kier molecular flexibility index (Phi) is 4.53. The van der Waals surface area contributed by atoms with Gasteiger partial charge in [-0.25, -0.2) is 5.01 Å². The largest absolute Gasteiger partial charge is 0.272 e. The summed E-state index contributed by atoms with van der Waals surface area (Å²) < 4.78 is 0. The Balaban J connectivity index is 1.93. The van der Waals surface area contributed by atoms with Crippen molar-refractivity contribution in [1.82, 2.24) is 5.01 Å². The summed E-state index contributed by atoms with van der Waals surface area (Å²) in [4.78, 5) is 12.5. The van der Waals surface area contributed by atoms with Crippen LogP contribution in [0.25, 0.3) is 0 Å². The van der Waals surface area contributed by atoms with Gasteiger partial charge in [0.25, 0.3) is 5.91 Å². The second-order valence-corrected chi connectivity index (χ2v) is 7.20. The smallest absolute Gasteiger partial charge is 0.256 e. The summed E-state index contributed by atoms with van der Waals surface area (Å²) in [6.07, 6.45) is 1.79. The number of benzene rings is 2. The topological polar surface area (TPSA) is 32.7 Å². The first-order valence-electron chi connectivity index (χ1n) is 7.71. The van der Waals surface area contributed by atoms with Crippen molar-refractivity contribution in [2.45, 2.75) is 31.4 Å². The van der Waals surface area contributed by atoms with E-state index in [1.165, 1.54) is 5.56 Å². The molecule has 0 unspecified atom stereocenters. The highest BCUT2D eigenvalue weighted by Gasteiger charge is 2.39. The number of rotatable bonds is 3. The van der Waals surface area contributed by atoms with Gasteiger partial charge in [-0.3, -0.25) is 4.79 Å². The summed E-state index contributed by atoms with van der Waals surface area (Å²) in [5.41, 5.74) is 4.52. The lowest BCUT2D eigenvalue weighted by Crippen LogP contribution is -2.25. The molecule has 0 spiro atoms. The van der Waals surface area contributed by atoms with E-state index in [9.17, 15) is 4.79 Å². The van der Waals surface area contributed by atoms with Crippen LogP contribution in [0.4, 0.5) is 0 Å². The van der Waals surface area contributed by atoms with E-state index in [4.69, 9.17) is 0 Å². The third-order valence-corrected chi connectivity index (χ3v) is 5.41. The molecule has 1 aliphatic heterocycles. The van der Waals surface area contributed by atoms with Crippen molar-refractivity contribution in [3.63, 3.8) is 0 Å². The van der Waals surface area contributed by atoms with E-state index in [1.54, 1.807) is 23.0 Å². The van der Waals surface area contributed by atoms with E-state index in [0.29, 0.717) is 0 Å². The molecular weight excluding hydrogens is 304 g/mol. The van der Waals surface area contributed by atoms with Crippen LogP contribution in [0.2, 0.25) is 0 Å². The van der Waals surface area contributed by atoms with Crippen LogP contribution in [0.3, 0.4) is 0 Å². The van der Waals surface area contributed by atoms with Crippen LogP contribution >= 0.6 is 11.8 Å². The lowest BCUT2D eigenvalue weighted by Gasteiger charge is -2.20. The fourth-order valence-electron chi connectivity index (χ4n) is 2.65. The van der Waals surface area contributed by atoms with Gasteiger partial charge in [0.15, 0.2) is 0 Å². The second kappa shape index (κ2) is 6.59. The fraction of sp³-hybridized carbons (Fsp3) is 0.263. The summed E-state index contributed by atoms with van der Waals surface area (Å²) >= 11 is 1.65. The highest BCUT2D eigenvalue weighted by atomic mass is 32.2. The molecule has 1 fully saturated rings. The molecule has 2 aromatic carbocycles. The fourth-order valence-corrected chi connectivity index (χ4v) is 3.95. The Bertz CT molecular complexity index is 757. The zero-order chi connectivity index (χ0) is 16.4. The minimum atomic E-state index is -0.0753. The number of nitrogens with zero attached hydrogens (tertiary/aromatic N) is 2. The quantitative estimate of drug-likeness (QED) is 0.789. The highest BCUT2D eigenvalue weighted by molar-refractivity contribution is 8.01. The molecule has 23 heavy (non-hydrogen) atoms. The summed E-state index contributed by atoms with van der Waals surface area (Å²) in [5.74, 6) is 0.0630. The standard InChI is InChI=1S/C19H20N2OS/c1-13-8-4-6-10-16(13)12-20-21-18(22)15(3)23-19(21)17-11-7-5-9-14(17)2/h4-12,15,19H,1-3H3/b20-12-/t15-,19+/m1/s1. The molecule has 1 aliphatic rings. The van der Waals surface area contributed by atoms with Gasteiger partial charge < -0.3 is 0 Å². The molecule has 0 radical (unpaired) electrons. The molecule has 3 rings (SSSR count). The third-order valence-electron chi connectivity index (χ3n) is 4.09. The van der Waals surface area contributed by atoms with E-state index < -0.39 is 0 Å². The Morgan fingerprint density at radius 2 is 1.70 bits per heavy atom. The molecule has 1 amide bonds. The monoisotopic (exact) mass is 324 g/mol. The SMILES string of the molecule is Cc1ccccc1/C=N\N1C(=O)[C@@H](C)S[C@H]1c1ccccc1C. The van der Waals surface area contributed by atoms with Crippen molar-refractivity contribution >= 4 is 23.9 Å². The van der Waals surface area contributed by atoms with Crippen LogP contribution in [-0.2, 0) is 4.79 Å². The maximum absolute atomic E-state index is 12.5. The lowest BCUT2D eigenvalue weighted by atomic mass is 10.1. The molecule has 4 heteroatoms. The first kappa shape index (κ1) is 15.8. The molecule has 1 saturated heterocycles. The molecule has 0 aromatic heterocycles. The number of amides is 1. The summed E-state index contributed by atoms with van der Waals surface area (Å²) in [5, 5.41) is 6.02. The molecule has 2 atom stereocenters. The van der Waals surface area contributed by atoms with Crippen LogP contribution in [0.1, 0.15) is 34.6 Å². The van der Waals surface area contributed by atoms with Gasteiger partial charge in [-0.1, -0.05) is 48.5 Å².